The molecule has 0 radical (unpaired) electrons. The van der Waals surface area contributed by atoms with Crippen LogP contribution in [0.5, 0.6) is 5.75 Å². The van der Waals surface area contributed by atoms with Crippen LogP contribution in [0.1, 0.15) is 19.8 Å². The highest BCUT2D eigenvalue weighted by Crippen LogP contribution is 2.30. The molecule has 0 saturated carbocycles. The highest BCUT2D eigenvalue weighted by molar-refractivity contribution is 7.89. The summed E-state index contributed by atoms with van der Waals surface area (Å²) in [6.07, 6.45) is 5.40. The molecule has 0 spiro atoms. The van der Waals surface area contributed by atoms with Gasteiger partial charge >= 0.3 is 0 Å². The van der Waals surface area contributed by atoms with Crippen LogP contribution in [-0.2, 0) is 16.6 Å². The van der Waals surface area contributed by atoms with Gasteiger partial charge in [0.25, 0.3) is 0 Å². The molecule has 1 aliphatic heterocycles. The molecule has 2 heterocycles. The molecule has 0 aliphatic carbocycles. The van der Waals surface area contributed by atoms with Gasteiger partial charge in [0, 0.05) is 32.0 Å². The van der Waals surface area contributed by atoms with Crippen molar-refractivity contribution in [1.29, 1.82) is 0 Å². The SMILES string of the molecule is CCOc1ccccc1S(=O)(=O)N1CCC(Cn2cccn2)CC1. The van der Waals surface area contributed by atoms with Gasteiger partial charge in [0.2, 0.25) is 10.0 Å². The fourth-order valence-corrected chi connectivity index (χ4v) is 4.68. The van der Waals surface area contributed by atoms with Gasteiger partial charge in [-0.2, -0.15) is 9.40 Å². The van der Waals surface area contributed by atoms with Crippen molar-refractivity contribution in [2.75, 3.05) is 19.7 Å². The van der Waals surface area contributed by atoms with E-state index in [0.717, 1.165) is 19.4 Å². The standard InChI is InChI=1S/C17H23N3O3S/c1-2-23-16-6-3-4-7-17(16)24(21,22)20-12-8-15(9-13-20)14-19-11-5-10-18-19/h3-7,10-11,15H,2,8-9,12-14H2,1H3. The van der Waals surface area contributed by atoms with Gasteiger partial charge in [-0.15, -0.1) is 0 Å². The first-order valence-corrected chi connectivity index (χ1v) is 9.74. The zero-order chi connectivity index (χ0) is 17.0. The van der Waals surface area contributed by atoms with Crippen LogP contribution in [0.4, 0.5) is 0 Å². The van der Waals surface area contributed by atoms with Crippen molar-refractivity contribution in [2.24, 2.45) is 5.92 Å². The number of benzene rings is 1. The molecular weight excluding hydrogens is 326 g/mol. The zero-order valence-corrected chi connectivity index (χ0v) is 14.7. The van der Waals surface area contributed by atoms with E-state index in [1.165, 1.54) is 0 Å². The van der Waals surface area contributed by atoms with Crippen LogP contribution in [-0.4, -0.2) is 42.2 Å². The minimum Gasteiger partial charge on any atom is -0.492 e. The number of hydrogen-bond acceptors (Lipinski definition) is 4. The van der Waals surface area contributed by atoms with Crippen molar-refractivity contribution in [3.63, 3.8) is 0 Å². The summed E-state index contributed by atoms with van der Waals surface area (Å²) in [5.74, 6) is 0.886. The Hall–Kier alpha value is -1.86. The van der Waals surface area contributed by atoms with Crippen LogP contribution >= 0.6 is 0 Å². The molecule has 6 nitrogen and oxygen atoms in total. The van der Waals surface area contributed by atoms with Crippen LogP contribution in [0.15, 0.2) is 47.6 Å². The molecule has 0 N–H and O–H groups in total. The van der Waals surface area contributed by atoms with Gasteiger partial charge in [-0.05, 0) is 43.9 Å². The molecule has 1 aliphatic rings. The van der Waals surface area contributed by atoms with Crippen molar-refractivity contribution in [2.45, 2.75) is 31.2 Å². The first kappa shape index (κ1) is 17.0. The molecule has 0 unspecified atom stereocenters. The molecule has 7 heteroatoms. The summed E-state index contributed by atoms with van der Waals surface area (Å²) in [7, 11) is -3.51. The second-order valence-electron chi connectivity index (χ2n) is 5.96. The number of rotatable bonds is 6. The summed E-state index contributed by atoms with van der Waals surface area (Å²) in [5.41, 5.74) is 0. The predicted octanol–water partition coefficient (Wildman–Crippen LogP) is 2.38. The lowest BCUT2D eigenvalue weighted by Crippen LogP contribution is -2.39. The summed E-state index contributed by atoms with van der Waals surface area (Å²) in [4.78, 5) is 0.261. The Morgan fingerprint density at radius 3 is 2.62 bits per heavy atom. The summed E-state index contributed by atoms with van der Waals surface area (Å²) < 4.78 is 34.8. The molecule has 1 saturated heterocycles. The first-order valence-electron chi connectivity index (χ1n) is 8.30. The van der Waals surface area contributed by atoms with Crippen molar-refractivity contribution < 1.29 is 13.2 Å². The lowest BCUT2D eigenvalue weighted by Gasteiger charge is -2.31. The van der Waals surface area contributed by atoms with E-state index in [9.17, 15) is 8.42 Å². The van der Waals surface area contributed by atoms with Crippen LogP contribution in [0.2, 0.25) is 0 Å². The highest BCUT2D eigenvalue weighted by Gasteiger charge is 2.31. The molecule has 1 aromatic carbocycles. The minimum atomic E-state index is -3.51. The number of nitrogens with zero attached hydrogens (tertiary/aromatic N) is 3. The van der Waals surface area contributed by atoms with Crippen LogP contribution in [0.25, 0.3) is 0 Å². The van der Waals surface area contributed by atoms with Gasteiger partial charge < -0.3 is 4.74 Å². The van der Waals surface area contributed by atoms with Gasteiger partial charge in [-0.1, -0.05) is 12.1 Å². The lowest BCUT2D eigenvalue weighted by atomic mass is 9.98. The van der Waals surface area contributed by atoms with Crippen LogP contribution in [0.3, 0.4) is 0 Å². The van der Waals surface area contributed by atoms with E-state index in [4.69, 9.17) is 4.74 Å². The molecule has 2 aromatic rings. The van der Waals surface area contributed by atoms with Crippen LogP contribution in [0, 0.1) is 5.92 Å². The maximum absolute atomic E-state index is 12.9. The van der Waals surface area contributed by atoms with E-state index < -0.39 is 10.0 Å². The van der Waals surface area contributed by atoms with Gasteiger partial charge in [0.1, 0.15) is 10.6 Å². The Kier molecular flexibility index (Phi) is 5.20. The normalized spacial score (nSPS) is 17.0. The predicted molar refractivity (Wildman–Crippen MR) is 91.3 cm³/mol. The topological polar surface area (TPSA) is 64.4 Å². The molecule has 24 heavy (non-hydrogen) atoms. The average molecular weight is 349 g/mol. The third kappa shape index (κ3) is 3.62. The van der Waals surface area contributed by atoms with E-state index in [0.29, 0.717) is 31.4 Å². The smallest absolute Gasteiger partial charge is 0.246 e. The third-order valence-electron chi connectivity index (χ3n) is 4.34. The summed E-state index contributed by atoms with van der Waals surface area (Å²) in [6.45, 7) is 4.21. The third-order valence-corrected chi connectivity index (χ3v) is 6.28. The van der Waals surface area contributed by atoms with Crippen LogP contribution < -0.4 is 4.74 Å². The van der Waals surface area contributed by atoms with Gasteiger partial charge in [-0.3, -0.25) is 4.68 Å². The molecule has 0 bridgehead atoms. The van der Waals surface area contributed by atoms with E-state index in [2.05, 4.69) is 5.10 Å². The molecule has 1 aromatic heterocycles. The average Bonchev–Trinajstić information content (AvgIpc) is 3.09. The summed E-state index contributed by atoms with van der Waals surface area (Å²) in [6, 6.07) is 8.77. The summed E-state index contributed by atoms with van der Waals surface area (Å²) in [5, 5.41) is 4.23. The fourth-order valence-electron chi connectivity index (χ4n) is 3.08. The van der Waals surface area contributed by atoms with E-state index in [-0.39, 0.29) is 4.90 Å². The Bertz CT molecular complexity index is 751. The molecule has 130 valence electrons. The Morgan fingerprint density at radius 2 is 1.96 bits per heavy atom. The number of ether oxygens (including phenoxy) is 1. The highest BCUT2D eigenvalue weighted by atomic mass is 32.2. The van der Waals surface area contributed by atoms with E-state index in [1.807, 2.05) is 23.9 Å². The quantitative estimate of drug-likeness (QED) is 0.803. The van der Waals surface area contributed by atoms with Crippen molar-refractivity contribution in [1.82, 2.24) is 14.1 Å². The van der Waals surface area contributed by atoms with Crippen molar-refractivity contribution in [3.8, 4) is 5.75 Å². The molecular formula is C17H23N3O3S. The monoisotopic (exact) mass is 349 g/mol. The zero-order valence-electron chi connectivity index (χ0n) is 13.8. The maximum Gasteiger partial charge on any atom is 0.246 e. The number of para-hydroxylation sites is 1. The van der Waals surface area contributed by atoms with Crippen molar-refractivity contribution >= 4 is 10.0 Å². The van der Waals surface area contributed by atoms with Crippen molar-refractivity contribution in [3.05, 3.63) is 42.7 Å². The number of hydrogen-bond donors (Lipinski definition) is 0. The van der Waals surface area contributed by atoms with E-state index in [1.54, 1.807) is 34.8 Å². The van der Waals surface area contributed by atoms with Gasteiger partial charge in [0.05, 0.1) is 6.61 Å². The number of sulfonamides is 1. The maximum atomic E-state index is 12.9. The lowest BCUT2D eigenvalue weighted by molar-refractivity contribution is 0.246. The summed E-state index contributed by atoms with van der Waals surface area (Å²) >= 11 is 0. The number of aromatic nitrogens is 2. The minimum absolute atomic E-state index is 0.261. The second kappa shape index (κ2) is 7.36. The van der Waals surface area contributed by atoms with Gasteiger partial charge in [-0.25, -0.2) is 8.42 Å². The molecule has 1 fully saturated rings. The first-order chi connectivity index (χ1) is 11.6. The largest absolute Gasteiger partial charge is 0.492 e. The van der Waals surface area contributed by atoms with E-state index >= 15 is 0 Å². The Labute approximate surface area is 143 Å². The molecule has 0 atom stereocenters. The molecule has 3 rings (SSSR count). The Balaban J connectivity index is 1.69. The van der Waals surface area contributed by atoms with Gasteiger partial charge in [0.15, 0.2) is 0 Å². The second-order valence-corrected chi connectivity index (χ2v) is 7.86. The molecule has 0 amide bonds. The Morgan fingerprint density at radius 1 is 1.21 bits per heavy atom. The number of piperidine rings is 1. The fraction of sp³-hybridized carbons (Fsp3) is 0.471.